The third-order valence-corrected chi connectivity index (χ3v) is 10.3. The van der Waals surface area contributed by atoms with Crippen molar-refractivity contribution < 1.29 is 27.5 Å². The van der Waals surface area contributed by atoms with Crippen molar-refractivity contribution in [3.63, 3.8) is 0 Å². The number of aromatic nitrogens is 1. The highest BCUT2D eigenvalue weighted by atomic mass is 32.2. The molecule has 39 heavy (non-hydrogen) atoms. The van der Waals surface area contributed by atoms with E-state index in [1.165, 1.54) is 30.0 Å². The predicted octanol–water partition coefficient (Wildman–Crippen LogP) is 5.08. The molecule has 0 spiro atoms. The van der Waals surface area contributed by atoms with E-state index in [2.05, 4.69) is 4.90 Å². The third-order valence-electron chi connectivity index (χ3n) is 6.91. The fraction of sp³-hybridized carbons (Fsp3) is 0.393. The fourth-order valence-corrected chi connectivity index (χ4v) is 7.84. The number of para-hydroxylation sites is 1. The maximum atomic E-state index is 13.8. The number of thiocarbonyl (C=S) groups is 1. The Morgan fingerprint density at radius 3 is 2.21 bits per heavy atom. The minimum Gasteiger partial charge on any atom is -0.468 e. The van der Waals surface area contributed by atoms with Crippen LogP contribution < -0.4 is 0 Å². The average Bonchev–Trinajstić information content (AvgIpc) is 3.35. The molecule has 4 rings (SSSR count). The van der Waals surface area contributed by atoms with E-state index in [1.54, 1.807) is 42.6 Å². The molecular formula is C28H32N2O6S3. The van der Waals surface area contributed by atoms with Gasteiger partial charge in [0.25, 0.3) is 10.0 Å². The maximum absolute atomic E-state index is 13.8. The Morgan fingerprint density at radius 1 is 0.974 bits per heavy atom. The van der Waals surface area contributed by atoms with Gasteiger partial charge in [0.05, 0.1) is 24.6 Å². The maximum Gasteiger partial charge on any atom is 0.320 e. The number of thioether (sulfide) groups is 1. The van der Waals surface area contributed by atoms with Crippen LogP contribution >= 0.6 is 24.0 Å². The van der Waals surface area contributed by atoms with Gasteiger partial charge in [-0.1, -0.05) is 59.9 Å². The second kappa shape index (κ2) is 12.5. The number of hydrogen-bond donors (Lipinski definition) is 0. The normalized spacial score (nSPS) is 14.8. The molecule has 11 heteroatoms. The molecule has 2 heterocycles. The van der Waals surface area contributed by atoms with Crippen molar-refractivity contribution in [3.8, 4) is 0 Å². The van der Waals surface area contributed by atoms with E-state index in [4.69, 9.17) is 21.7 Å². The van der Waals surface area contributed by atoms with Crippen LogP contribution in [0.4, 0.5) is 0 Å². The summed E-state index contributed by atoms with van der Waals surface area (Å²) in [6.07, 6.45) is 4.82. The highest BCUT2D eigenvalue weighted by Crippen LogP contribution is 2.42. The largest absolute Gasteiger partial charge is 0.468 e. The monoisotopic (exact) mass is 588 g/mol. The Kier molecular flexibility index (Phi) is 9.35. The van der Waals surface area contributed by atoms with Crippen LogP contribution in [-0.2, 0) is 29.1 Å². The zero-order valence-electron chi connectivity index (χ0n) is 22.2. The lowest BCUT2D eigenvalue weighted by molar-refractivity contribution is -0.159. The molecule has 1 aliphatic rings. The van der Waals surface area contributed by atoms with E-state index in [9.17, 15) is 18.0 Å². The molecule has 1 saturated heterocycles. The molecule has 1 unspecified atom stereocenters. The first-order valence-corrected chi connectivity index (χ1v) is 15.4. The number of nitrogens with zero attached hydrogens (tertiary/aromatic N) is 2. The number of piperidine rings is 1. The Hall–Kier alpha value is -2.89. The van der Waals surface area contributed by atoms with E-state index < -0.39 is 33.1 Å². The molecule has 3 aromatic rings. The van der Waals surface area contributed by atoms with Crippen molar-refractivity contribution in [1.82, 2.24) is 8.87 Å². The van der Waals surface area contributed by atoms with E-state index >= 15 is 0 Å². The van der Waals surface area contributed by atoms with Gasteiger partial charge in [-0.25, -0.2) is 12.4 Å². The van der Waals surface area contributed by atoms with Crippen LogP contribution in [0.1, 0.15) is 42.1 Å². The fourth-order valence-electron chi connectivity index (χ4n) is 4.75. The van der Waals surface area contributed by atoms with Crippen molar-refractivity contribution in [2.75, 3.05) is 27.3 Å². The molecule has 1 atom stereocenters. The molecule has 1 aliphatic heterocycles. The Bertz CT molecular complexity index is 1440. The standard InChI is InChI=1S/C28H32N2O6S3/c1-19-11-13-20(14-12-19)39(33,34)30-18-23(21-9-5-6-10-24(21)30)25(17-22(26(31)35-2)27(32)36-3)38-28(37)29-15-7-4-8-16-29/h5-6,9-14,18,22,25H,4,7-8,15-17H2,1-3H3. The molecule has 1 fully saturated rings. The van der Waals surface area contributed by atoms with Gasteiger partial charge in [-0.2, -0.15) is 0 Å². The Labute approximate surface area is 238 Å². The molecular weight excluding hydrogens is 557 g/mol. The molecule has 0 bridgehead atoms. The first-order valence-electron chi connectivity index (χ1n) is 12.7. The van der Waals surface area contributed by atoms with Crippen LogP contribution in [0.25, 0.3) is 10.9 Å². The number of carbonyl (C=O) groups is 2. The summed E-state index contributed by atoms with van der Waals surface area (Å²) in [5.74, 6) is -2.63. The summed E-state index contributed by atoms with van der Waals surface area (Å²) in [6, 6.07) is 13.9. The Morgan fingerprint density at radius 2 is 1.59 bits per heavy atom. The zero-order chi connectivity index (χ0) is 28.2. The van der Waals surface area contributed by atoms with Crippen LogP contribution in [0.15, 0.2) is 59.6 Å². The van der Waals surface area contributed by atoms with E-state index in [-0.39, 0.29) is 11.3 Å². The first kappa shape index (κ1) is 29.1. The van der Waals surface area contributed by atoms with Crippen molar-refractivity contribution in [2.45, 2.75) is 42.8 Å². The number of benzene rings is 2. The van der Waals surface area contributed by atoms with E-state index in [1.807, 2.05) is 19.1 Å². The average molecular weight is 589 g/mol. The second-order valence-corrected chi connectivity index (χ2v) is 13.1. The van der Waals surface area contributed by atoms with Gasteiger partial charge in [-0.3, -0.25) is 9.59 Å². The van der Waals surface area contributed by atoms with Gasteiger partial charge < -0.3 is 14.4 Å². The van der Waals surface area contributed by atoms with Crippen LogP contribution in [0.2, 0.25) is 0 Å². The van der Waals surface area contributed by atoms with Crippen molar-refractivity contribution in [1.29, 1.82) is 0 Å². The molecule has 8 nitrogen and oxygen atoms in total. The second-order valence-electron chi connectivity index (χ2n) is 9.47. The smallest absolute Gasteiger partial charge is 0.320 e. The van der Waals surface area contributed by atoms with Crippen LogP contribution in [0.3, 0.4) is 0 Å². The van der Waals surface area contributed by atoms with Crippen LogP contribution in [0, 0.1) is 12.8 Å². The van der Waals surface area contributed by atoms with Gasteiger partial charge >= 0.3 is 11.9 Å². The highest BCUT2D eigenvalue weighted by molar-refractivity contribution is 8.23. The molecule has 2 aromatic carbocycles. The van der Waals surface area contributed by atoms with Gasteiger partial charge in [0.15, 0.2) is 5.92 Å². The lowest BCUT2D eigenvalue weighted by Crippen LogP contribution is -2.33. The Balaban J connectivity index is 1.83. The van der Waals surface area contributed by atoms with E-state index in [0.29, 0.717) is 20.8 Å². The molecule has 0 aliphatic carbocycles. The summed E-state index contributed by atoms with van der Waals surface area (Å²) in [6.45, 7) is 3.56. The minimum atomic E-state index is -3.93. The number of rotatable bonds is 8. The van der Waals surface area contributed by atoms with Gasteiger partial charge in [-0.05, 0) is 56.4 Å². The molecule has 0 amide bonds. The van der Waals surface area contributed by atoms with Crippen molar-refractivity contribution in [2.24, 2.45) is 5.92 Å². The number of hydrogen-bond acceptors (Lipinski definition) is 8. The number of methoxy groups -OCH3 is 2. The minimum absolute atomic E-state index is 0.0244. The number of carbonyl (C=O) groups excluding carboxylic acids is 2. The number of esters is 2. The van der Waals surface area contributed by atoms with Gasteiger partial charge in [-0.15, -0.1) is 0 Å². The number of aryl methyl sites for hydroxylation is 1. The molecule has 1 aromatic heterocycles. The first-order chi connectivity index (χ1) is 18.7. The summed E-state index contributed by atoms with van der Waals surface area (Å²) in [4.78, 5) is 27.6. The third kappa shape index (κ3) is 6.31. The SMILES string of the molecule is COC(=O)C(CC(SC(=S)N1CCCCC1)c1cn(S(=O)(=O)c2ccc(C)cc2)c2ccccc12)C(=O)OC. The molecule has 0 saturated carbocycles. The van der Waals surface area contributed by atoms with Gasteiger partial charge in [0.1, 0.15) is 4.32 Å². The summed E-state index contributed by atoms with van der Waals surface area (Å²) in [5, 5.41) is 0.169. The van der Waals surface area contributed by atoms with Gasteiger partial charge in [0, 0.05) is 29.9 Å². The molecule has 208 valence electrons. The lowest BCUT2D eigenvalue weighted by atomic mass is 9.98. The topological polar surface area (TPSA) is 94.9 Å². The van der Waals surface area contributed by atoms with Crippen molar-refractivity contribution in [3.05, 3.63) is 65.9 Å². The van der Waals surface area contributed by atoms with Gasteiger partial charge in [0.2, 0.25) is 0 Å². The summed E-state index contributed by atoms with van der Waals surface area (Å²) in [7, 11) is -1.49. The number of likely N-dealkylation sites (tertiary alicyclic amines) is 1. The number of ether oxygens (including phenoxy) is 2. The summed E-state index contributed by atoms with van der Waals surface area (Å²) < 4.78 is 39.3. The summed E-state index contributed by atoms with van der Waals surface area (Å²) >= 11 is 7.17. The molecule has 0 N–H and O–H groups in total. The zero-order valence-corrected chi connectivity index (χ0v) is 24.6. The molecule has 0 radical (unpaired) electrons. The van der Waals surface area contributed by atoms with E-state index in [0.717, 1.165) is 37.9 Å². The lowest BCUT2D eigenvalue weighted by Gasteiger charge is -2.30. The quantitative estimate of drug-likeness (QED) is 0.203. The van der Waals surface area contributed by atoms with Crippen LogP contribution in [0.5, 0.6) is 0 Å². The number of fused-ring (bicyclic) bond motifs is 1. The highest BCUT2D eigenvalue weighted by Gasteiger charge is 2.35. The van der Waals surface area contributed by atoms with Crippen LogP contribution in [-0.4, -0.2) is 60.9 Å². The summed E-state index contributed by atoms with van der Waals surface area (Å²) in [5.41, 5.74) is 2.10. The predicted molar refractivity (Wildman–Crippen MR) is 156 cm³/mol. The van der Waals surface area contributed by atoms with Crippen molar-refractivity contribution >= 4 is 61.2 Å².